The largest absolute Gasteiger partial charge is 0.480 e. The average Bonchev–Trinajstić information content (AvgIpc) is 3.06. The highest BCUT2D eigenvalue weighted by molar-refractivity contribution is 5.96. The van der Waals surface area contributed by atoms with Gasteiger partial charge in [-0.05, 0) is 32.3 Å². The number of carboxylic acids is 1. The van der Waals surface area contributed by atoms with Crippen LogP contribution in [0.2, 0.25) is 0 Å². The van der Waals surface area contributed by atoms with E-state index in [0.29, 0.717) is 12.3 Å². The van der Waals surface area contributed by atoms with Crippen molar-refractivity contribution in [3.63, 3.8) is 0 Å². The van der Waals surface area contributed by atoms with Crippen molar-refractivity contribution in [1.82, 2.24) is 15.5 Å². The van der Waals surface area contributed by atoms with Crippen molar-refractivity contribution in [2.75, 3.05) is 0 Å². The second-order valence-corrected chi connectivity index (χ2v) is 4.93. The van der Waals surface area contributed by atoms with Gasteiger partial charge in [-0.3, -0.25) is 9.89 Å². The Morgan fingerprint density at radius 1 is 1.61 bits per heavy atom. The molecule has 0 aromatic carbocycles. The van der Waals surface area contributed by atoms with E-state index in [1.807, 2.05) is 0 Å². The molecule has 1 aliphatic rings. The summed E-state index contributed by atoms with van der Waals surface area (Å²) in [6.45, 7) is 3.20. The highest BCUT2D eigenvalue weighted by atomic mass is 16.4. The van der Waals surface area contributed by atoms with Gasteiger partial charge >= 0.3 is 5.97 Å². The summed E-state index contributed by atoms with van der Waals surface area (Å²) in [7, 11) is 0. The highest BCUT2D eigenvalue weighted by Gasteiger charge is 2.34. The number of carboxylic acid groups (broad SMARTS) is 1. The Kier molecular flexibility index (Phi) is 3.11. The van der Waals surface area contributed by atoms with Crippen molar-refractivity contribution in [3.8, 4) is 0 Å². The van der Waals surface area contributed by atoms with E-state index in [9.17, 15) is 9.59 Å². The lowest BCUT2D eigenvalue weighted by Crippen LogP contribution is -2.51. The van der Waals surface area contributed by atoms with E-state index in [0.717, 1.165) is 18.5 Å². The molecular weight excluding hydrogens is 234 g/mol. The summed E-state index contributed by atoms with van der Waals surface area (Å²) in [6, 6.07) is 1.70. The molecule has 18 heavy (non-hydrogen) atoms. The van der Waals surface area contributed by atoms with Crippen LogP contribution in [0.1, 0.15) is 55.2 Å². The third-order valence-electron chi connectivity index (χ3n) is 3.42. The number of amides is 1. The quantitative estimate of drug-likeness (QED) is 0.734. The van der Waals surface area contributed by atoms with Crippen molar-refractivity contribution >= 4 is 11.9 Å². The summed E-state index contributed by atoms with van der Waals surface area (Å²) in [4.78, 5) is 23.0. The minimum atomic E-state index is -1.25. The maximum atomic E-state index is 11.9. The molecule has 6 nitrogen and oxygen atoms in total. The van der Waals surface area contributed by atoms with Gasteiger partial charge in [0, 0.05) is 11.6 Å². The van der Waals surface area contributed by atoms with E-state index < -0.39 is 17.4 Å². The summed E-state index contributed by atoms with van der Waals surface area (Å²) >= 11 is 0. The van der Waals surface area contributed by atoms with Gasteiger partial charge in [-0.15, -0.1) is 0 Å². The Labute approximate surface area is 105 Å². The van der Waals surface area contributed by atoms with Crippen LogP contribution in [-0.2, 0) is 4.79 Å². The third-order valence-corrected chi connectivity index (χ3v) is 3.42. The molecule has 1 aromatic heterocycles. The Morgan fingerprint density at radius 3 is 2.78 bits per heavy atom. The second-order valence-electron chi connectivity index (χ2n) is 4.93. The van der Waals surface area contributed by atoms with Gasteiger partial charge in [0.25, 0.3) is 5.91 Å². The van der Waals surface area contributed by atoms with Gasteiger partial charge in [0.05, 0.1) is 0 Å². The van der Waals surface area contributed by atoms with Crippen LogP contribution in [0.5, 0.6) is 0 Å². The average molecular weight is 251 g/mol. The van der Waals surface area contributed by atoms with Gasteiger partial charge < -0.3 is 10.4 Å². The monoisotopic (exact) mass is 251 g/mol. The van der Waals surface area contributed by atoms with Crippen molar-refractivity contribution in [2.45, 2.75) is 44.6 Å². The molecule has 1 amide bonds. The smallest absolute Gasteiger partial charge is 0.329 e. The minimum absolute atomic E-state index is 0.248. The lowest BCUT2D eigenvalue weighted by Gasteiger charge is -2.23. The van der Waals surface area contributed by atoms with Crippen molar-refractivity contribution < 1.29 is 14.7 Å². The zero-order chi connectivity index (χ0) is 13.3. The number of nitrogens with one attached hydrogen (secondary N) is 2. The Morgan fingerprint density at radius 2 is 2.28 bits per heavy atom. The normalized spacial score (nSPS) is 18.1. The number of aliphatic carboxylic acids is 1. The maximum absolute atomic E-state index is 11.9. The standard InChI is InChI=1S/C12H17N3O3/c1-3-12(2,11(17)18)13-10(16)9-6-8(14-15-9)7-4-5-7/h6-7H,3-5H2,1-2H3,(H,13,16)(H,14,15)(H,17,18). The van der Waals surface area contributed by atoms with Gasteiger partial charge in [0.1, 0.15) is 11.2 Å². The van der Waals surface area contributed by atoms with Crippen molar-refractivity contribution in [3.05, 3.63) is 17.5 Å². The number of hydrogen-bond acceptors (Lipinski definition) is 3. The second kappa shape index (κ2) is 4.44. The number of carbonyl (C=O) groups is 2. The summed E-state index contributed by atoms with van der Waals surface area (Å²) in [5.74, 6) is -1.02. The van der Waals surface area contributed by atoms with Crippen LogP contribution >= 0.6 is 0 Å². The topological polar surface area (TPSA) is 95.1 Å². The zero-order valence-electron chi connectivity index (χ0n) is 10.5. The Hall–Kier alpha value is -1.85. The fraction of sp³-hybridized carbons (Fsp3) is 0.583. The first-order chi connectivity index (χ1) is 8.46. The number of nitrogens with zero attached hydrogens (tertiary/aromatic N) is 1. The van der Waals surface area contributed by atoms with Gasteiger partial charge in [-0.2, -0.15) is 5.10 Å². The lowest BCUT2D eigenvalue weighted by molar-refractivity contribution is -0.143. The molecule has 1 atom stereocenters. The van der Waals surface area contributed by atoms with E-state index in [-0.39, 0.29) is 5.69 Å². The van der Waals surface area contributed by atoms with E-state index >= 15 is 0 Å². The van der Waals surface area contributed by atoms with Crippen molar-refractivity contribution in [1.29, 1.82) is 0 Å². The summed E-state index contributed by atoms with van der Waals surface area (Å²) in [5, 5.41) is 18.3. The first-order valence-electron chi connectivity index (χ1n) is 6.07. The lowest BCUT2D eigenvalue weighted by atomic mass is 9.99. The number of hydrogen-bond donors (Lipinski definition) is 3. The van der Waals surface area contributed by atoms with Crippen LogP contribution in [0, 0.1) is 0 Å². The number of rotatable bonds is 5. The number of aromatic nitrogens is 2. The predicted molar refractivity (Wildman–Crippen MR) is 64.4 cm³/mol. The Balaban J connectivity index is 2.08. The molecule has 0 bridgehead atoms. The number of aromatic amines is 1. The maximum Gasteiger partial charge on any atom is 0.329 e. The molecule has 0 radical (unpaired) electrons. The molecule has 1 heterocycles. The van der Waals surface area contributed by atoms with Crippen molar-refractivity contribution in [2.24, 2.45) is 0 Å². The fourth-order valence-electron chi connectivity index (χ4n) is 1.66. The molecule has 1 saturated carbocycles. The molecule has 98 valence electrons. The van der Waals surface area contributed by atoms with Crippen LogP contribution in [0.3, 0.4) is 0 Å². The molecule has 0 saturated heterocycles. The summed E-state index contributed by atoms with van der Waals surface area (Å²) < 4.78 is 0. The van der Waals surface area contributed by atoms with E-state index in [2.05, 4.69) is 15.5 Å². The highest BCUT2D eigenvalue weighted by Crippen LogP contribution is 2.38. The molecule has 0 aliphatic heterocycles. The SMILES string of the molecule is CCC(C)(NC(=O)c1cc(C2CC2)[nH]n1)C(=O)O. The molecule has 6 heteroatoms. The summed E-state index contributed by atoms with van der Waals surface area (Å²) in [5.41, 5.74) is -0.0537. The third kappa shape index (κ3) is 2.37. The number of carbonyl (C=O) groups excluding carboxylic acids is 1. The predicted octanol–water partition coefficient (Wildman–Crippen LogP) is 1.27. The fourth-order valence-corrected chi connectivity index (χ4v) is 1.66. The van der Waals surface area contributed by atoms with Crippen LogP contribution in [0.15, 0.2) is 6.07 Å². The van der Waals surface area contributed by atoms with Crippen LogP contribution < -0.4 is 5.32 Å². The van der Waals surface area contributed by atoms with Crippen LogP contribution in [0.25, 0.3) is 0 Å². The van der Waals surface area contributed by atoms with E-state index in [1.165, 1.54) is 6.92 Å². The first-order valence-corrected chi connectivity index (χ1v) is 6.07. The van der Waals surface area contributed by atoms with Crippen LogP contribution in [0.4, 0.5) is 0 Å². The van der Waals surface area contributed by atoms with Gasteiger partial charge in [0.2, 0.25) is 0 Å². The van der Waals surface area contributed by atoms with Gasteiger partial charge in [-0.1, -0.05) is 6.92 Å². The zero-order valence-corrected chi connectivity index (χ0v) is 10.5. The molecule has 1 fully saturated rings. The first kappa shape index (κ1) is 12.6. The van der Waals surface area contributed by atoms with E-state index in [1.54, 1.807) is 13.0 Å². The molecule has 1 aliphatic carbocycles. The van der Waals surface area contributed by atoms with Gasteiger partial charge in [-0.25, -0.2) is 4.79 Å². The molecule has 3 N–H and O–H groups in total. The van der Waals surface area contributed by atoms with E-state index in [4.69, 9.17) is 5.11 Å². The van der Waals surface area contributed by atoms with Gasteiger partial charge in [0.15, 0.2) is 0 Å². The van der Waals surface area contributed by atoms with Crippen LogP contribution in [-0.4, -0.2) is 32.7 Å². The minimum Gasteiger partial charge on any atom is -0.480 e. The number of H-pyrrole nitrogens is 1. The molecular formula is C12H17N3O3. The Bertz CT molecular complexity index is 479. The molecule has 1 aromatic rings. The summed E-state index contributed by atoms with van der Waals surface area (Å²) in [6.07, 6.45) is 2.55. The molecule has 1 unspecified atom stereocenters. The molecule has 0 spiro atoms. The molecule has 2 rings (SSSR count).